The smallest absolute Gasteiger partial charge is 0.0674 e. The van der Waals surface area contributed by atoms with Gasteiger partial charge in [-0.1, -0.05) is 43.3 Å². The molecule has 2 aromatic rings. The second-order valence-corrected chi connectivity index (χ2v) is 4.61. The summed E-state index contributed by atoms with van der Waals surface area (Å²) in [5, 5.41) is 11.5. The molecular weight excluding hydrogens is 220 g/mol. The summed E-state index contributed by atoms with van der Waals surface area (Å²) in [4.78, 5) is 2.18. The molecule has 18 heavy (non-hydrogen) atoms. The van der Waals surface area contributed by atoms with Gasteiger partial charge in [-0.3, -0.25) is 0 Å². The Balaban J connectivity index is 2.33. The van der Waals surface area contributed by atoms with Crippen LogP contribution in [-0.2, 0) is 0 Å². The minimum atomic E-state index is 0.0916. The molecule has 2 aromatic carbocycles. The molecule has 0 bridgehead atoms. The molecule has 2 nitrogen and oxygen atoms in total. The SMILES string of the molecule is CCC(C#N)CN(C)c1cccc2ccccc12. The van der Waals surface area contributed by atoms with Crippen molar-refractivity contribution < 1.29 is 0 Å². The van der Waals surface area contributed by atoms with E-state index >= 15 is 0 Å². The Morgan fingerprint density at radius 2 is 1.89 bits per heavy atom. The molecular formula is C16H18N2. The van der Waals surface area contributed by atoms with Crippen molar-refractivity contribution in [3.8, 4) is 6.07 Å². The van der Waals surface area contributed by atoms with E-state index in [1.165, 1.54) is 16.5 Å². The maximum atomic E-state index is 9.06. The van der Waals surface area contributed by atoms with Crippen LogP contribution in [0, 0.1) is 17.2 Å². The highest BCUT2D eigenvalue weighted by atomic mass is 15.1. The summed E-state index contributed by atoms with van der Waals surface area (Å²) < 4.78 is 0. The molecule has 0 N–H and O–H groups in total. The first-order valence-corrected chi connectivity index (χ1v) is 6.34. The van der Waals surface area contributed by atoms with Crippen molar-refractivity contribution in [1.29, 1.82) is 5.26 Å². The zero-order valence-electron chi connectivity index (χ0n) is 10.9. The maximum absolute atomic E-state index is 9.06. The van der Waals surface area contributed by atoms with Crippen molar-refractivity contribution >= 4 is 16.5 Å². The number of benzene rings is 2. The van der Waals surface area contributed by atoms with E-state index in [4.69, 9.17) is 5.26 Å². The Hall–Kier alpha value is -2.01. The van der Waals surface area contributed by atoms with Crippen molar-refractivity contribution in [2.75, 3.05) is 18.5 Å². The third-order valence-electron chi connectivity index (χ3n) is 3.35. The predicted octanol–water partition coefficient (Wildman–Crippen LogP) is 3.83. The minimum Gasteiger partial charge on any atom is -0.373 e. The largest absolute Gasteiger partial charge is 0.373 e. The number of hydrogen-bond acceptors (Lipinski definition) is 2. The van der Waals surface area contributed by atoms with Crippen LogP contribution in [0.25, 0.3) is 10.8 Å². The molecule has 2 heteroatoms. The van der Waals surface area contributed by atoms with Crippen molar-refractivity contribution in [3.05, 3.63) is 42.5 Å². The Bertz CT molecular complexity index is 563. The number of fused-ring (bicyclic) bond motifs is 1. The number of rotatable bonds is 4. The lowest BCUT2D eigenvalue weighted by Gasteiger charge is -2.23. The lowest BCUT2D eigenvalue weighted by molar-refractivity contribution is 0.632. The molecule has 0 aromatic heterocycles. The monoisotopic (exact) mass is 238 g/mol. The zero-order chi connectivity index (χ0) is 13.0. The van der Waals surface area contributed by atoms with E-state index in [1.54, 1.807) is 0 Å². The molecule has 0 fully saturated rings. The summed E-state index contributed by atoms with van der Waals surface area (Å²) in [6.45, 7) is 2.84. The molecule has 0 aliphatic heterocycles. The van der Waals surface area contributed by atoms with Crippen LogP contribution in [-0.4, -0.2) is 13.6 Å². The van der Waals surface area contributed by atoms with Gasteiger partial charge in [-0.05, 0) is 17.9 Å². The predicted molar refractivity (Wildman–Crippen MR) is 76.6 cm³/mol. The fraction of sp³-hybridized carbons (Fsp3) is 0.312. The van der Waals surface area contributed by atoms with Crippen LogP contribution in [0.3, 0.4) is 0 Å². The van der Waals surface area contributed by atoms with Crippen molar-refractivity contribution in [1.82, 2.24) is 0 Å². The number of nitrogens with zero attached hydrogens (tertiary/aromatic N) is 2. The van der Waals surface area contributed by atoms with Crippen LogP contribution in [0.1, 0.15) is 13.3 Å². The second-order valence-electron chi connectivity index (χ2n) is 4.61. The van der Waals surface area contributed by atoms with E-state index in [9.17, 15) is 0 Å². The minimum absolute atomic E-state index is 0.0916. The van der Waals surface area contributed by atoms with Gasteiger partial charge in [0.05, 0.1) is 12.0 Å². The third-order valence-corrected chi connectivity index (χ3v) is 3.35. The normalized spacial score (nSPS) is 12.1. The van der Waals surface area contributed by atoms with E-state index in [0.29, 0.717) is 0 Å². The summed E-state index contributed by atoms with van der Waals surface area (Å²) >= 11 is 0. The molecule has 2 rings (SSSR count). The molecule has 0 saturated heterocycles. The van der Waals surface area contributed by atoms with Crippen molar-refractivity contribution in [3.63, 3.8) is 0 Å². The van der Waals surface area contributed by atoms with Crippen LogP contribution >= 0.6 is 0 Å². The van der Waals surface area contributed by atoms with E-state index < -0.39 is 0 Å². The lowest BCUT2D eigenvalue weighted by Crippen LogP contribution is -2.24. The average molecular weight is 238 g/mol. The summed E-state index contributed by atoms with van der Waals surface area (Å²) in [5.74, 6) is 0.0916. The van der Waals surface area contributed by atoms with Crippen LogP contribution in [0.4, 0.5) is 5.69 Å². The molecule has 0 radical (unpaired) electrons. The van der Waals surface area contributed by atoms with Crippen LogP contribution in [0.2, 0.25) is 0 Å². The van der Waals surface area contributed by atoms with Gasteiger partial charge in [-0.15, -0.1) is 0 Å². The van der Waals surface area contributed by atoms with E-state index in [1.807, 2.05) is 0 Å². The van der Waals surface area contributed by atoms with E-state index in [2.05, 4.69) is 67.4 Å². The standard InChI is InChI=1S/C16H18N2/c1-3-13(11-17)12-18(2)16-10-6-8-14-7-4-5-9-15(14)16/h4-10,13H,3,12H2,1-2H3. The summed E-state index contributed by atoms with van der Waals surface area (Å²) in [5.41, 5.74) is 1.20. The van der Waals surface area contributed by atoms with E-state index in [0.717, 1.165) is 13.0 Å². The van der Waals surface area contributed by atoms with Gasteiger partial charge in [0.1, 0.15) is 0 Å². The summed E-state index contributed by atoms with van der Waals surface area (Å²) in [6.07, 6.45) is 0.894. The molecule has 92 valence electrons. The first kappa shape index (κ1) is 12.4. The molecule has 0 amide bonds. The third kappa shape index (κ3) is 2.46. The fourth-order valence-electron chi connectivity index (χ4n) is 2.23. The Morgan fingerprint density at radius 3 is 2.61 bits per heavy atom. The van der Waals surface area contributed by atoms with Crippen molar-refractivity contribution in [2.24, 2.45) is 5.92 Å². The first-order valence-electron chi connectivity index (χ1n) is 6.34. The molecule has 1 atom stereocenters. The van der Waals surface area contributed by atoms with Crippen LogP contribution < -0.4 is 4.90 Å². The topological polar surface area (TPSA) is 27.0 Å². The highest BCUT2D eigenvalue weighted by Gasteiger charge is 2.11. The molecule has 0 aliphatic carbocycles. The first-order chi connectivity index (χ1) is 8.76. The highest BCUT2D eigenvalue weighted by molar-refractivity contribution is 5.94. The van der Waals surface area contributed by atoms with Gasteiger partial charge in [0, 0.05) is 24.7 Å². The lowest BCUT2D eigenvalue weighted by atomic mass is 10.1. The Kier molecular flexibility index (Phi) is 3.84. The number of hydrogen-bond donors (Lipinski definition) is 0. The highest BCUT2D eigenvalue weighted by Crippen LogP contribution is 2.26. The second kappa shape index (κ2) is 5.55. The Morgan fingerprint density at radius 1 is 1.17 bits per heavy atom. The molecule has 1 unspecified atom stereocenters. The molecule has 0 aliphatic rings. The summed E-state index contributed by atoms with van der Waals surface area (Å²) in [7, 11) is 2.06. The van der Waals surface area contributed by atoms with Gasteiger partial charge in [-0.2, -0.15) is 5.26 Å². The molecule has 0 spiro atoms. The fourth-order valence-corrected chi connectivity index (χ4v) is 2.23. The zero-order valence-corrected chi connectivity index (χ0v) is 10.9. The summed E-state index contributed by atoms with van der Waals surface area (Å²) in [6, 6.07) is 17.0. The number of nitriles is 1. The van der Waals surface area contributed by atoms with Crippen LogP contribution in [0.15, 0.2) is 42.5 Å². The molecule has 0 saturated carbocycles. The quantitative estimate of drug-likeness (QED) is 0.809. The maximum Gasteiger partial charge on any atom is 0.0674 e. The molecule has 0 heterocycles. The van der Waals surface area contributed by atoms with Crippen molar-refractivity contribution in [2.45, 2.75) is 13.3 Å². The van der Waals surface area contributed by atoms with Gasteiger partial charge < -0.3 is 4.90 Å². The van der Waals surface area contributed by atoms with Gasteiger partial charge in [0.15, 0.2) is 0 Å². The van der Waals surface area contributed by atoms with E-state index in [-0.39, 0.29) is 5.92 Å². The van der Waals surface area contributed by atoms with Gasteiger partial charge in [0.2, 0.25) is 0 Å². The van der Waals surface area contributed by atoms with Gasteiger partial charge in [0.25, 0.3) is 0 Å². The average Bonchev–Trinajstić information content (AvgIpc) is 2.43. The van der Waals surface area contributed by atoms with Gasteiger partial charge >= 0.3 is 0 Å². The Labute approximate surface area is 108 Å². The van der Waals surface area contributed by atoms with Gasteiger partial charge in [-0.25, -0.2) is 0 Å². The number of anilines is 1. The van der Waals surface area contributed by atoms with Crippen LogP contribution in [0.5, 0.6) is 0 Å².